The molecule has 1 aliphatic rings. The first-order chi connectivity index (χ1) is 10.6. The van der Waals surface area contributed by atoms with Crippen LogP contribution in [0, 0.1) is 18.6 Å². The second kappa shape index (κ2) is 6.00. The lowest BCUT2D eigenvalue weighted by molar-refractivity contribution is 0.231. The predicted octanol–water partition coefficient (Wildman–Crippen LogP) is 2.74. The highest BCUT2D eigenvalue weighted by molar-refractivity contribution is 5.35. The summed E-state index contributed by atoms with van der Waals surface area (Å²) in [5.41, 5.74) is 0.238. The lowest BCUT2D eigenvalue weighted by Crippen LogP contribution is -2.24. The molecule has 0 spiro atoms. The van der Waals surface area contributed by atoms with Gasteiger partial charge < -0.3 is 4.74 Å². The second-order valence-electron chi connectivity index (χ2n) is 5.45. The van der Waals surface area contributed by atoms with Gasteiger partial charge in [-0.25, -0.2) is 13.8 Å². The van der Waals surface area contributed by atoms with Gasteiger partial charge in [0.25, 0.3) is 0 Å². The van der Waals surface area contributed by atoms with Crippen LogP contribution in [0.15, 0.2) is 12.1 Å². The molecule has 1 aromatic carbocycles. The van der Waals surface area contributed by atoms with Gasteiger partial charge in [0.05, 0.1) is 13.2 Å². The van der Waals surface area contributed by atoms with Gasteiger partial charge in [-0.05, 0) is 38.4 Å². The van der Waals surface area contributed by atoms with Crippen LogP contribution >= 0.6 is 0 Å². The van der Waals surface area contributed by atoms with Crippen LogP contribution in [0.25, 0.3) is 0 Å². The normalized spacial score (nSPS) is 18.8. The highest BCUT2D eigenvalue weighted by Gasteiger charge is 2.30. The topological polar surface area (TPSA) is 54.0 Å². The summed E-state index contributed by atoms with van der Waals surface area (Å²) in [7, 11) is 1.45. The Morgan fingerprint density at radius 2 is 2.23 bits per heavy atom. The van der Waals surface area contributed by atoms with Crippen LogP contribution in [-0.2, 0) is 6.54 Å². The number of H-pyrrole nitrogens is 1. The smallest absolute Gasteiger partial charge is 0.167 e. The molecule has 0 amide bonds. The fraction of sp³-hybridized carbons (Fsp3) is 0.467. The lowest BCUT2D eigenvalue weighted by Gasteiger charge is -2.23. The number of hydrogen-bond acceptors (Lipinski definition) is 4. The first-order valence-electron chi connectivity index (χ1n) is 7.24. The van der Waals surface area contributed by atoms with Crippen LogP contribution in [0.4, 0.5) is 8.78 Å². The maximum absolute atomic E-state index is 14.1. The second-order valence-corrected chi connectivity index (χ2v) is 5.45. The van der Waals surface area contributed by atoms with Gasteiger partial charge >= 0.3 is 0 Å². The highest BCUT2D eigenvalue weighted by atomic mass is 19.2. The Hall–Kier alpha value is -2.02. The first kappa shape index (κ1) is 14.9. The highest BCUT2D eigenvalue weighted by Crippen LogP contribution is 2.34. The summed E-state index contributed by atoms with van der Waals surface area (Å²) in [4.78, 5) is 6.42. The van der Waals surface area contributed by atoms with Gasteiger partial charge in [0.1, 0.15) is 11.6 Å². The molecular weight excluding hydrogens is 290 g/mol. The van der Waals surface area contributed by atoms with Crippen LogP contribution in [0.3, 0.4) is 0 Å². The van der Waals surface area contributed by atoms with Crippen LogP contribution in [0.1, 0.15) is 36.1 Å². The predicted molar refractivity (Wildman–Crippen MR) is 76.4 cm³/mol. The molecule has 5 nitrogen and oxygen atoms in total. The Bertz CT molecular complexity index is 674. The van der Waals surface area contributed by atoms with Gasteiger partial charge in [-0.2, -0.15) is 5.10 Å². The largest absolute Gasteiger partial charge is 0.496 e. The lowest BCUT2D eigenvalue weighted by atomic mass is 10.1. The number of rotatable bonds is 4. The molecule has 118 valence electrons. The van der Waals surface area contributed by atoms with Gasteiger partial charge in [-0.15, -0.1) is 0 Å². The molecule has 7 heteroatoms. The van der Waals surface area contributed by atoms with E-state index in [4.69, 9.17) is 4.74 Å². The zero-order valence-electron chi connectivity index (χ0n) is 12.6. The van der Waals surface area contributed by atoms with Crippen molar-refractivity contribution in [3.63, 3.8) is 0 Å². The molecule has 1 aromatic heterocycles. The molecule has 0 unspecified atom stereocenters. The number of methoxy groups -OCH3 is 1. The van der Waals surface area contributed by atoms with Crippen molar-refractivity contribution < 1.29 is 13.5 Å². The van der Waals surface area contributed by atoms with Crippen LogP contribution in [0.2, 0.25) is 0 Å². The standard InChI is InChI=1S/C15H18F2N4O/c1-9-18-15(20-19-9)12-4-3-7-21(12)8-10-13(22-2)6-5-11(16)14(10)17/h5-6,12H,3-4,7-8H2,1-2H3,(H,18,19,20)/t12-/m1/s1. The Kier molecular flexibility index (Phi) is 4.06. The van der Waals surface area contributed by atoms with Crippen molar-refractivity contribution in [1.29, 1.82) is 0 Å². The Balaban J connectivity index is 1.87. The number of nitrogens with one attached hydrogen (secondary N) is 1. The van der Waals surface area contributed by atoms with E-state index in [9.17, 15) is 8.78 Å². The Morgan fingerprint density at radius 3 is 2.91 bits per heavy atom. The summed E-state index contributed by atoms with van der Waals surface area (Å²) < 4.78 is 32.8. The third-order valence-corrected chi connectivity index (χ3v) is 4.01. The van der Waals surface area contributed by atoms with Crippen molar-refractivity contribution in [2.24, 2.45) is 0 Å². The number of ether oxygens (including phenoxy) is 1. The summed E-state index contributed by atoms with van der Waals surface area (Å²) in [6.45, 7) is 2.90. The zero-order valence-corrected chi connectivity index (χ0v) is 12.6. The molecule has 2 heterocycles. The third-order valence-electron chi connectivity index (χ3n) is 4.01. The molecule has 0 bridgehead atoms. The SMILES string of the molecule is COc1ccc(F)c(F)c1CN1CCC[C@@H]1c1n[nH]c(C)n1. The van der Waals surface area contributed by atoms with Crippen LogP contribution < -0.4 is 4.74 Å². The molecule has 1 N–H and O–H groups in total. The number of aromatic amines is 1. The number of aryl methyl sites for hydroxylation is 1. The number of halogens is 2. The molecule has 1 aliphatic heterocycles. The van der Waals surface area contributed by atoms with Crippen molar-refractivity contribution >= 4 is 0 Å². The van der Waals surface area contributed by atoms with Gasteiger partial charge in [-0.1, -0.05) is 0 Å². The molecule has 0 aliphatic carbocycles. The van der Waals surface area contributed by atoms with E-state index in [0.29, 0.717) is 11.6 Å². The third kappa shape index (κ3) is 2.68. The van der Waals surface area contributed by atoms with Gasteiger partial charge in [0.15, 0.2) is 17.5 Å². The molecule has 22 heavy (non-hydrogen) atoms. The summed E-state index contributed by atoms with van der Waals surface area (Å²) in [5, 5.41) is 7.02. The summed E-state index contributed by atoms with van der Waals surface area (Å²) >= 11 is 0. The molecule has 3 rings (SSSR count). The Morgan fingerprint density at radius 1 is 1.41 bits per heavy atom. The fourth-order valence-electron chi connectivity index (χ4n) is 2.93. The summed E-state index contributed by atoms with van der Waals surface area (Å²) in [6, 6.07) is 2.55. The van der Waals surface area contributed by atoms with Crippen molar-refractivity contribution in [2.75, 3.05) is 13.7 Å². The van der Waals surface area contributed by atoms with E-state index in [1.165, 1.54) is 13.2 Å². The minimum absolute atomic E-state index is 0.0114. The van der Waals surface area contributed by atoms with E-state index < -0.39 is 11.6 Å². The van der Waals surface area contributed by atoms with Crippen molar-refractivity contribution in [3.8, 4) is 5.75 Å². The van der Waals surface area contributed by atoms with Crippen molar-refractivity contribution in [3.05, 3.63) is 41.0 Å². The van der Waals surface area contributed by atoms with Gasteiger partial charge in [-0.3, -0.25) is 10.00 Å². The van der Waals surface area contributed by atoms with E-state index in [1.54, 1.807) is 0 Å². The minimum Gasteiger partial charge on any atom is -0.496 e. The van der Waals surface area contributed by atoms with Gasteiger partial charge in [0, 0.05) is 12.1 Å². The van der Waals surface area contributed by atoms with E-state index in [1.807, 2.05) is 6.92 Å². The number of likely N-dealkylation sites (tertiary alicyclic amines) is 1. The van der Waals surface area contributed by atoms with Crippen LogP contribution in [0.5, 0.6) is 5.75 Å². The number of hydrogen-bond donors (Lipinski definition) is 1. The quantitative estimate of drug-likeness (QED) is 0.943. The van der Waals surface area contributed by atoms with E-state index in [2.05, 4.69) is 20.1 Å². The van der Waals surface area contributed by atoms with Gasteiger partial charge in [0.2, 0.25) is 0 Å². The van der Waals surface area contributed by atoms with E-state index in [0.717, 1.165) is 31.3 Å². The van der Waals surface area contributed by atoms with Crippen molar-refractivity contribution in [1.82, 2.24) is 20.1 Å². The average Bonchev–Trinajstić information content (AvgIpc) is 3.13. The number of aromatic nitrogens is 3. The molecule has 1 saturated heterocycles. The average molecular weight is 308 g/mol. The van der Waals surface area contributed by atoms with E-state index in [-0.39, 0.29) is 18.2 Å². The first-order valence-corrected chi connectivity index (χ1v) is 7.24. The maximum atomic E-state index is 14.1. The zero-order chi connectivity index (χ0) is 15.7. The molecule has 1 atom stereocenters. The fourth-order valence-corrected chi connectivity index (χ4v) is 2.93. The molecule has 0 saturated carbocycles. The summed E-state index contributed by atoms with van der Waals surface area (Å²) in [6.07, 6.45) is 1.87. The van der Waals surface area contributed by atoms with Crippen LogP contribution in [-0.4, -0.2) is 33.7 Å². The molecule has 0 radical (unpaired) electrons. The van der Waals surface area contributed by atoms with Crippen molar-refractivity contribution in [2.45, 2.75) is 32.4 Å². The minimum atomic E-state index is -0.861. The number of nitrogens with zero attached hydrogens (tertiary/aromatic N) is 3. The molecule has 1 fully saturated rings. The monoisotopic (exact) mass is 308 g/mol. The maximum Gasteiger partial charge on any atom is 0.167 e. The molecular formula is C15H18F2N4O. The number of benzene rings is 1. The summed E-state index contributed by atoms with van der Waals surface area (Å²) in [5.74, 6) is 0.0920. The Labute approximate surface area is 127 Å². The van der Waals surface area contributed by atoms with E-state index >= 15 is 0 Å². The molecule has 2 aromatic rings.